The maximum atomic E-state index is 12.8. The molecular weight excluding hydrogens is 662 g/mol. The topological polar surface area (TPSA) is 78.6 Å². The molecule has 8 nitrogen and oxygen atoms in total. The van der Waals surface area contributed by atoms with Crippen molar-refractivity contribution >= 4 is 68.6 Å². The zero-order chi connectivity index (χ0) is 33.7. The summed E-state index contributed by atoms with van der Waals surface area (Å²) in [6.07, 6.45) is 1.11. The lowest BCUT2D eigenvalue weighted by molar-refractivity contribution is 0.0685. The molecule has 3 aromatic heterocycles. The number of thioether (sulfide) groups is 2. The van der Waals surface area contributed by atoms with Gasteiger partial charge in [-0.15, -0.1) is 11.8 Å². The number of aromatic carboxylic acids is 1. The van der Waals surface area contributed by atoms with Crippen molar-refractivity contribution in [1.82, 2.24) is 18.9 Å². The summed E-state index contributed by atoms with van der Waals surface area (Å²) in [6.45, 7) is 10.6. The zero-order valence-corrected chi connectivity index (χ0v) is 29.5. The minimum atomic E-state index is -1.00. The van der Waals surface area contributed by atoms with Gasteiger partial charge in [0.1, 0.15) is 11.4 Å². The first-order valence-corrected chi connectivity index (χ1v) is 18.2. The van der Waals surface area contributed by atoms with Gasteiger partial charge >= 0.3 is 5.97 Å². The van der Waals surface area contributed by atoms with E-state index >= 15 is 0 Å². The second kappa shape index (κ2) is 13.0. The first-order valence-electron chi connectivity index (χ1n) is 15.6. The van der Waals surface area contributed by atoms with Crippen LogP contribution >= 0.6 is 35.1 Å². The monoisotopic (exact) mass is 695 g/mol. The molecule has 3 aromatic carbocycles. The van der Waals surface area contributed by atoms with Gasteiger partial charge in [0.2, 0.25) is 5.82 Å². The predicted molar refractivity (Wildman–Crippen MR) is 196 cm³/mol. The van der Waals surface area contributed by atoms with E-state index in [-0.39, 0.29) is 5.69 Å². The van der Waals surface area contributed by atoms with Gasteiger partial charge in [-0.2, -0.15) is 16.9 Å². The third kappa shape index (κ3) is 5.54. The smallest absolute Gasteiger partial charge is 0.352 e. The summed E-state index contributed by atoms with van der Waals surface area (Å²) in [5, 5.41) is 18.7. The number of aromatic nitrogens is 4. The number of rotatable bonds is 1. The molecule has 48 heavy (non-hydrogen) atoms. The predicted octanol–water partition coefficient (Wildman–Crippen LogP) is 9.33. The summed E-state index contributed by atoms with van der Waals surface area (Å²) >= 11 is 10.5. The summed E-state index contributed by atoms with van der Waals surface area (Å²) in [6, 6.07) is 18.4. The molecule has 1 aliphatic heterocycles. The van der Waals surface area contributed by atoms with Crippen molar-refractivity contribution < 1.29 is 14.6 Å². The fourth-order valence-electron chi connectivity index (χ4n) is 6.85. The average molecular weight is 696 g/mol. The number of nitrogens with zero attached hydrogens (tertiary/aromatic N) is 5. The Morgan fingerprint density at radius 3 is 2.60 bits per heavy atom. The Kier molecular flexibility index (Phi) is 8.71. The van der Waals surface area contributed by atoms with E-state index < -0.39 is 5.97 Å². The Bertz CT molecular complexity index is 2290. The number of benzene rings is 3. The summed E-state index contributed by atoms with van der Waals surface area (Å²) in [5.74, 6) is 2.39. The van der Waals surface area contributed by atoms with Crippen molar-refractivity contribution in [1.29, 1.82) is 0 Å². The molecule has 244 valence electrons. The van der Waals surface area contributed by atoms with Crippen LogP contribution in [-0.4, -0.2) is 36.6 Å². The first kappa shape index (κ1) is 32.3. The molecule has 0 fully saturated rings. The minimum Gasteiger partial charge on any atom is -0.493 e. The summed E-state index contributed by atoms with van der Waals surface area (Å²) < 4.78 is 12.0. The van der Waals surface area contributed by atoms with E-state index in [0.717, 1.165) is 66.3 Å². The van der Waals surface area contributed by atoms with E-state index in [0.29, 0.717) is 52.9 Å². The lowest BCUT2D eigenvalue weighted by Gasteiger charge is -2.13. The molecule has 8 bridgehead atoms. The summed E-state index contributed by atoms with van der Waals surface area (Å²) in [4.78, 5) is 17.9. The van der Waals surface area contributed by atoms with Gasteiger partial charge in [-0.05, 0) is 55.0 Å². The zero-order valence-electron chi connectivity index (χ0n) is 27.1. The van der Waals surface area contributed by atoms with Crippen LogP contribution in [0.3, 0.4) is 0 Å². The van der Waals surface area contributed by atoms with Gasteiger partial charge in [0.25, 0.3) is 0 Å². The van der Waals surface area contributed by atoms with Gasteiger partial charge in [-0.3, -0.25) is 9.25 Å². The molecule has 1 N–H and O–H groups in total. The van der Waals surface area contributed by atoms with Crippen molar-refractivity contribution in [2.75, 3.05) is 6.61 Å². The van der Waals surface area contributed by atoms with Crippen molar-refractivity contribution in [3.63, 3.8) is 0 Å². The molecule has 0 atom stereocenters. The highest BCUT2D eigenvalue weighted by Crippen LogP contribution is 2.47. The fourth-order valence-corrected chi connectivity index (χ4v) is 9.10. The van der Waals surface area contributed by atoms with Crippen LogP contribution in [0.25, 0.3) is 37.6 Å². The van der Waals surface area contributed by atoms with E-state index in [2.05, 4.69) is 35.2 Å². The molecule has 6 aromatic rings. The molecule has 1 aliphatic rings. The maximum absolute atomic E-state index is 12.8. The Hall–Kier alpha value is -4.30. The molecule has 0 saturated heterocycles. The molecule has 0 unspecified atom stereocenters. The summed E-state index contributed by atoms with van der Waals surface area (Å²) in [5.41, 5.74) is 7.24. The number of carboxylic acid groups (broad SMARTS) is 1. The quantitative estimate of drug-likeness (QED) is 0.173. The molecule has 4 heterocycles. The van der Waals surface area contributed by atoms with Crippen LogP contribution in [0.4, 0.5) is 5.82 Å². The highest BCUT2D eigenvalue weighted by Gasteiger charge is 2.29. The van der Waals surface area contributed by atoms with Crippen molar-refractivity contribution in [3.05, 3.63) is 105 Å². The van der Waals surface area contributed by atoms with Gasteiger partial charge in [-0.25, -0.2) is 4.79 Å². The van der Waals surface area contributed by atoms with Gasteiger partial charge < -0.3 is 19.3 Å². The normalized spacial score (nSPS) is 14.0. The third-order valence-corrected chi connectivity index (χ3v) is 11.6. The standard InChI is InChI=1S/C37H34ClN5O3S2/c1-21-29-20-47-18-23-16-24(43(5)40-23)19-48-25-15-22-9-6-7-10-26(22)31(17-25)46-14-8-11-27-28-12-13-30(38)33(32(29)36(39-2)41(21)3)34(28)42(4)35(27)37(44)45/h6-7,9-10,12-13,15-17H,8,11,14,18-20H2,1,3-5H3,(H,44,45). The number of halogens is 1. The number of hydrogen-bond donors (Lipinski definition) is 1. The first-order chi connectivity index (χ1) is 23.2. The maximum Gasteiger partial charge on any atom is 0.352 e. The number of aryl methyl sites for hydroxylation is 3. The molecule has 0 spiro atoms. The Morgan fingerprint density at radius 2 is 1.81 bits per heavy atom. The fraction of sp³-hybridized carbons (Fsp3) is 0.270. The van der Waals surface area contributed by atoms with Crippen molar-refractivity contribution in [3.8, 4) is 16.9 Å². The van der Waals surface area contributed by atoms with Gasteiger partial charge in [-0.1, -0.05) is 48.5 Å². The number of carbonyl (C=O) groups is 1. The number of fused-ring (bicyclic) bond motifs is 8. The molecular formula is C37H34ClN5O3S2. The van der Waals surface area contributed by atoms with E-state index in [1.165, 1.54) is 0 Å². The van der Waals surface area contributed by atoms with Gasteiger partial charge in [0.15, 0.2) is 0 Å². The van der Waals surface area contributed by atoms with E-state index in [1.54, 1.807) is 35.1 Å². The molecule has 0 saturated carbocycles. The third-order valence-electron chi connectivity index (χ3n) is 9.29. The lowest BCUT2D eigenvalue weighted by atomic mass is 9.98. The van der Waals surface area contributed by atoms with E-state index in [9.17, 15) is 9.90 Å². The molecule has 7 rings (SSSR count). The number of hydrogen-bond acceptors (Lipinski definition) is 5. The van der Waals surface area contributed by atoms with E-state index in [1.807, 2.05) is 54.5 Å². The van der Waals surface area contributed by atoms with Gasteiger partial charge in [0.05, 0.1) is 30.6 Å². The second-order valence-corrected chi connectivity index (χ2v) is 14.5. The van der Waals surface area contributed by atoms with E-state index in [4.69, 9.17) is 28.0 Å². The van der Waals surface area contributed by atoms with Crippen molar-refractivity contribution in [2.24, 2.45) is 21.1 Å². The van der Waals surface area contributed by atoms with Crippen LogP contribution in [0.1, 0.15) is 45.1 Å². The second-order valence-electron chi connectivity index (χ2n) is 12.1. The highest BCUT2D eigenvalue weighted by molar-refractivity contribution is 7.98. The van der Waals surface area contributed by atoms with Crippen LogP contribution in [0.2, 0.25) is 5.02 Å². The van der Waals surface area contributed by atoms with Crippen LogP contribution in [0.15, 0.2) is 59.5 Å². The number of carboxylic acids is 1. The molecule has 0 radical (unpaired) electrons. The Morgan fingerprint density at radius 1 is 1.00 bits per heavy atom. The van der Waals surface area contributed by atoms with Crippen LogP contribution in [0, 0.1) is 13.5 Å². The Labute approximate surface area is 292 Å². The van der Waals surface area contributed by atoms with Crippen molar-refractivity contribution in [2.45, 2.75) is 41.9 Å². The SMILES string of the molecule is [C-]#[N+]c1c2c(c(C)n1C)CSCc1cc(n(C)n1)CSc1cc(c3ccccc3c1)OCCCc1c(C(=O)O)n(C)c3c-2c(Cl)ccc13. The molecule has 0 aliphatic carbocycles. The van der Waals surface area contributed by atoms with Gasteiger partial charge in [0, 0.05) is 74.4 Å². The largest absolute Gasteiger partial charge is 0.493 e. The van der Waals surface area contributed by atoms with Crippen LogP contribution in [-0.2, 0) is 44.8 Å². The Balaban J connectivity index is 1.39. The van der Waals surface area contributed by atoms with Crippen LogP contribution in [0.5, 0.6) is 5.75 Å². The number of ether oxygens (including phenoxy) is 1. The summed E-state index contributed by atoms with van der Waals surface area (Å²) in [7, 11) is 5.67. The highest BCUT2D eigenvalue weighted by atomic mass is 35.5. The lowest BCUT2D eigenvalue weighted by Crippen LogP contribution is -2.08. The molecule has 11 heteroatoms. The van der Waals surface area contributed by atoms with Crippen LogP contribution < -0.4 is 4.74 Å². The minimum absolute atomic E-state index is 0.221. The average Bonchev–Trinajstić information content (AvgIpc) is 3.65. The molecule has 0 amide bonds.